The maximum atomic E-state index is 12.7. The fourth-order valence-electron chi connectivity index (χ4n) is 4.85. The lowest BCUT2D eigenvalue weighted by Gasteiger charge is -2.16. The van der Waals surface area contributed by atoms with Crippen LogP contribution in [-0.2, 0) is 17.7 Å². The highest BCUT2D eigenvalue weighted by Gasteiger charge is 2.43. The molecule has 4 aromatic carbocycles. The molecule has 2 amide bonds. The molecule has 1 aliphatic rings. The zero-order valence-corrected chi connectivity index (χ0v) is 24.2. The number of nitrogen functional groups attached to an aromatic ring is 1. The van der Waals surface area contributed by atoms with Crippen LogP contribution < -0.4 is 27.0 Å². The van der Waals surface area contributed by atoms with E-state index in [2.05, 4.69) is 47.8 Å². The minimum atomic E-state index is -0.248. The maximum absolute atomic E-state index is 12.7. The van der Waals surface area contributed by atoms with Crippen LogP contribution in [0, 0.1) is 5.92 Å². The first-order valence-electron chi connectivity index (χ1n) is 13.9. The van der Waals surface area contributed by atoms with Gasteiger partial charge in [-0.05, 0) is 65.9 Å². The SMILES string of the molecule is BCc1ccc(NC(=O)c2ccc(NC(=C)Nc3cc(CNC(=O)[C@@H]4C[C@H]4c4ccccc4)ccc3Cl)c(N)c2)cc1. The molecule has 6 N–H and O–H groups in total. The Morgan fingerprint density at radius 2 is 1.60 bits per heavy atom. The molecule has 0 aromatic heterocycles. The smallest absolute Gasteiger partial charge is 0.255 e. The number of hydrogen-bond donors (Lipinski definition) is 5. The van der Waals surface area contributed by atoms with Crippen LogP contribution in [0.2, 0.25) is 5.02 Å². The third-order valence-electron chi connectivity index (χ3n) is 7.36. The monoisotopic (exact) mass is 577 g/mol. The molecular formula is C33H33BClN5O2. The van der Waals surface area contributed by atoms with Crippen LogP contribution in [0.3, 0.4) is 0 Å². The number of benzene rings is 4. The van der Waals surface area contributed by atoms with Crippen molar-refractivity contribution in [3.8, 4) is 0 Å². The van der Waals surface area contributed by atoms with Crippen LogP contribution in [0.25, 0.3) is 0 Å². The molecule has 2 atom stereocenters. The summed E-state index contributed by atoms with van der Waals surface area (Å²) in [6, 6.07) is 28.5. The Labute approximate surface area is 252 Å². The molecule has 0 aliphatic heterocycles. The first-order chi connectivity index (χ1) is 20.3. The third-order valence-corrected chi connectivity index (χ3v) is 7.69. The number of amides is 2. The maximum Gasteiger partial charge on any atom is 0.255 e. The van der Waals surface area contributed by atoms with E-state index in [1.54, 1.807) is 24.3 Å². The zero-order valence-electron chi connectivity index (χ0n) is 23.4. The predicted molar refractivity (Wildman–Crippen MR) is 174 cm³/mol. The quantitative estimate of drug-likeness (QED) is 0.116. The minimum Gasteiger partial charge on any atom is -0.397 e. The lowest BCUT2D eigenvalue weighted by atomic mass is 9.97. The lowest BCUT2D eigenvalue weighted by Crippen LogP contribution is -2.25. The minimum absolute atomic E-state index is 0.0107. The summed E-state index contributed by atoms with van der Waals surface area (Å²) in [6.07, 6.45) is 1.81. The highest BCUT2D eigenvalue weighted by molar-refractivity contribution is 6.33. The molecule has 1 saturated carbocycles. The second-order valence-electron chi connectivity index (χ2n) is 10.4. The van der Waals surface area contributed by atoms with Gasteiger partial charge in [0.2, 0.25) is 5.91 Å². The van der Waals surface area contributed by atoms with Crippen LogP contribution >= 0.6 is 11.6 Å². The van der Waals surface area contributed by atoms with Crippen LogP contribution in [0.1, 0.15) is 39.4 Å². The van der Waals surface area contributed by atoms with Gasteiger partial charge in [-0.25, -0.2) is 0 Å². The molecule has 0 unspecified atom stereocenters. The van der Waals surface area contributed by atoms with E-state index in [-0.39, 0.29) is 23.7 Å². The van der Waals surface area contributed by atoms with Crippen molar-refractivity contribution in [2.24, 2.45) is 5.92 Å². The molecule has 0 spiro atoms. The van der Waals surface area contributed by atoms with Gasteiger partial charge in [0.05, 0.1) is 22.1 Å². The Morgan fingerprint density at radius 1 is 0.881 bits per heavy atom. The van der Waals surface area contributed by atoms with Gasteiger partial charge >= 0.3 is 0 Å². The molecule has 7 nitrogen and oxygen atoms in total. The number of halogens is 1. The molecule has 1 aliphatic carbocycles. The molecule has 0 bridgehead atoms. The molecule has 0 heterocycles. The first kappa shape index (κ1) is 28.8. The fourth-order valence-corrected chi connectivity index (χ4v) is 5.02. The van der Waals surface area contributed by atoms with Crippen molar-refractivity contribution >= 4 is 54.0 Å². The number of anilines is 4. The van der Waals surface area contributed by atoms with Gasteiger partial charge < -0.3 is 27.0 Å². The van der Waals surface area contributed by atoms with Gasteiger partial charge in [0.1, 0.15) is 13.7 Å². The number of hydrogen-bond acceptors (Lipinski definition) is 5. The fraction of sp³-hybridized carbons (Fsp3) is 0.152. The first-order valence-corrected chi connectivity index (χ1v) is 14.3. The zero-order chi connectivity index (χ0) is 29.6. The predicted octanol–water partition coefficient (Wildman–Crippen LogP) is 5.72. The van der Waals surface area contributed by atoms with Crippen LogP contribution in [0.5, 0.6) is 0 Å². The average Bonchev–Trinajstić information content (AvgIpc) is 3.80. The number of carbonyl (C=O) groups is 2. The van der Waals surface area contributed by atoms with E-state index in [0.717, 1.165) is 24.0 Å². The second-order valence-corrected chi connectivity index (χ2v) is 10.8. The molecule has 4 aromatic rings. The Morgan fingerprint density at radius 3 is 2.31 bits per heavy atom. The van der Waals surface area contributed by atoms with Gasteiger partial charge in [-0.1, -0.05) is 78.6 Å². The molecule has 9 heteroatoms. The lowest BCUT2D eigenvalue weighted by molar-refractivity contribution is -0.122. The van der Waals surface area contributed by atoms with E-state index < -0.39 is 0 Å². The van der Waals surface area contributed by atoms with Gasteiger partial charge in [-0.15, -0.1) is 0 Å². The summed E-state index contributed by atoms with van der Waals surface area (Å²) < 4.78 is 0. The summed E-state index contributed by atoms with van der Waals surface area (Å²) in [7, 11) is 2.08. The van der Waals surface area contributed by atoms with Crippen LogP contribution in [0.15, 0.2) is 103 Å². The molecule has 0 saturated heterocycles. The van der Waals surface area contributed by atoms with Crippen molar-refractivity contribution in [1.82, 2.24) is 5.32 Å². The Balaban J connectivity index is 1.14. The number of nitrogens with one attached hydrogen (secondary N) is 4. The number of carbonyl (C=O) groups excluding carboxylic acids is 2. The number of rotatable bonds is 11. The summed E-state index contributed by atoms with van der Waals surface area (Å²) in [5.41, 5.74) is 12.3. The molecule has 0 radical (unpaired) electrons. The summed E-state index contributed by atoms with van der Waals surface area (Å²) in [6.45, 7) is 4.43. The number of nitrogens with two attached hydrogens (primary N) is 1. The summed E-state index contributed by atoms with van der Waals surface area (Å²) in [4.78, 5) is 25.4. The Hall–Kier alpha value is -4.69. The van der Waals surface area contributed by atoms with E-state index in [1.807, 2.05) is 54.6 Å². The van der Waals surface area contributed by atoms with Crippen molar-refractivity contribution in [1.29, 1.82) is 0 Å². The largest absolute Gasteiger partial charge is 0.397 e. The Bertz CT molecular complexity index is 1610. The Kier molecular flexibility index (Phi) is 8.84. The van der Waals surface area contributed by atoms with Crippen molar-refractivity contribution in [3.63, 3.8) is 0 Å². The van der Waals surface area contributed by atoms with Crippen molar-refractivity contribution in [2.45, 2.75) is 25.2 Å². The van der Waals surface area contributed by atoms with Gasteiger partial charge in [0.15, 0.2) is 0 Å². The van der Waals surface area contributed by atoms with Crippen LogP contribution in [-0.4, -0.2) is 19.7 Å². The highest BCUT2D eigenvalue weighted by atomic mass is 35.5. The van der Waals surface area contributed by atoms with Crippen LogP contribution in [0.4, 0.5) is 22.7 Å². The van der Waals surface area contributed by atoms with Crippen molar-refractivity contribution in [2.75, 3.05) is 21.7 Å². The highest BCUT2D eigenvalue weighted by Crippen LogP contribution is 2.47. The summed E-state index contributed by atoms with van der Waals surface area (Å²) >= 11 is 6.44. The average molecular weight is 578 g/mol. The van der Waals surface area contributed by atoms with Gasteiger partial charge in [-0.3, -0.25) is 9.59 Å². The molecule has 212 valence electrons. The normalized spacial score (nSPS) is 15.4. The molecule has 42 heavy (non-hydrogen) atoms. The topological polar surface area (TPSA) is 108 Å². The summed E-state index contributed by atoms with van der Waals surface area (Å²) in [5.74, 6) is 0.555. The van der Waals surface area contributed by atoms with E-state index in [9.17, 15) is 9.59 Å². The van der Waals surface area contributed by atoms with Gasteiger partial charge in [0, 0.05) is 23.7 Å². The van der Waals surface area contributed by atoms with E-state index in [4.69, 9.17) is 17.3 Å². The standard InChI is InChI=1S/C33H33BClN5O2/c1-20(38-30-14-10-24(16-29(30)36)32(41)40-25-11-7-21(18-34)8-12-25)39-31-15-22(9-13-28(31)35)19-37-33(42)27-17-26(27)23-5-3-2-4-6-23/h2-16,26-27,38-39H,1,17-19,34,36H2,(H,37,42)(H,40,41)/t26-,27+/m0/s1. The second kappa shape index (κ2) is 12.9. The van der Waals surface area contributed by atoms with Gasteiger partial charge in [0.25, 0.3) is 5.91 Å². The molecular weight excluding hydrogens is 545 g/mol. The molecule has 5 rings (SSSR count). The van der Waals surface area contributed by atoms with Gasteiger partial charge in [-0.2, -0.15) is 0 Å². The summed E-state index contributed by atoms with van der Waals surface area (Å²) in [5, 5.41) is 12.8. The van der Waals surface area contributed by atoms with E-state index in [0.29, 0.717) is 40.0 Å². The van der Waals surface area contributed by atoms with Crippen molar-refractivity contribution < 1.29 is 9.59 Å². The molecule has 1 fully saturated rings. The third kappa shape index (κ3) is 7.14. The van der Waals surface area contributed by atoms with E-state index in [1.165, 1.54) is 11.1 Å². The van der Waals surface area contributed by atoms with E-state index >= 15 is 0 Å². The van der Waals surface area contributed by atoms with Crippen molar-refractivity contribution in [3.05, 3.63) is 131 Å².